The summed E-state index contributed by atoms with van der Waals surface area (Å²) in [6.07, 6.45) is -1.90. The van der Waals surface area contributed by atoms with Gasteiger partial charge in [-0.15, -0.1) is 0 Å². The first-order valence-electron chi connectivity index (χ1n) is 10.6. The SMILES string of the molecule is COC1[C@H](n2cnc3c(N)ncnc32)O[C@H](COP(O)(=S)O[C@H]2CCOC2COP(=O)(S)OC)[C@H]1O. The molecule has 4 rings (SSSR count). The second kappa shape index (κ2) is 11.5. The molecule has 36 heavy (non-hydrogen) atoms. The molecule has 2 aliphatic rings. The molecule has 0 bridgehead atoms. The van der Waals surface area contributed by atoms with Crippen LogP contribution in [0.3, 0.4) is 0 Å². The second-order valence-electron chi connectivity index (χ2n) is 7.89. The van der Waals surface area contributed by atoms with Crippen LogP contribution in [-0.2, 0) is 48.7 Å². The Bertz CT molecular complexity index is 1160. The number of rotatable bonds is 11. The van der Waals surface area contributed by atoms with Crippen molar-refractivity contribution in [2.24, 2.45) is 0 Å². The Hall–Kier alpha value is -0.780. The zero-order valence-electron chi connectivity index (χ0n) is 19.2. The van der Waals surface area contributed by atoms with Gasteiger partial charge in [0.15, 0.2) is 17.7 Å². The highest BCUT2D eigenvalue weighted by Gasteiger charge is 2.46. The maximum atomic E-state index is 11.8. The largest absolute Gasteiger partial charge is 0.387 e. The van der Waals surface area contributed by atoms with Gasteiger partial charge in [-0.3, -0.25) is 9.09 Å². The van der Waals surface area contributed by atoms with Gasteiger partial charge in [0.2, 0.25) is 0 Å². The third kappa shape index (κ3) is 6.26. The Labute approximate surface area is 216 Å². The van der Waals surface area contributed by atoms with Crippen molar-refractivity contribution in [2.75, 3.05) is 39.8 Å². The number of ether oxygens (including phenoxy) is 3. The molecular formula is C17H27N5O10P2S2. The monoisotopic (exact) mass is 587 g/mol. The van der Waals surface area contributed by atoms with Crippen molar-refractivity contribution < 1.29 is 46.9 Å². The highest BCUT2D eigenvalue weighted by molar-refractivity contribution is 8.44. The molecule has 2 aromatic rings. The van der Waals surface area contributed by atoms with Gasteiger partial charge in [-0.25, -0.2) is 19.5 Å². The lowest BCUT2D eigenvalue weighted by Gasteiger charge is -2.25. The van der Waals surface area contributed by atoms with Crippen LogP contribution in [0.25, 0.3) is 11.2 Å². The fraction of sp³-hybridized carbons (Fsp3) is 0.706. The molecule has 202 valence electrons. The number of imidazole rings is 1. The van der Waals surface area contributed by atoms with E-state index in [4.69, 9.17) is 45.3 Å². The van der Waals surface area contributed by atoms with E-state index in [9.17, 15) is 14.6 Å². The summed E-state index contributed by atoms with van der Waals surface area (Å²) in [6.45, 7) is -7.44. The van der Waals surface area contributed by atoms with E-state index in [1.807, 2.05) is 0 Å². The smallest absolute Gasteiger partial charge is 0.385 e. The molecule has 0 aromatic carbocycles. The second-order valence-corrected chi connectivity index (χ2v) is 13.7. The number of aromatic nitrogens is 4. The van der Waals surface area contributed by atoms with Crippen molar-refractivity contribution in [3.63, 3.8) is 0 Å². The number of aliphatic hydroxyl groups is 1. The number of nitrogens with zero attached hydrogens (tertiary/aromatic N) is 4. The molecule has 0 saturated carbocycles. The quantitative estimate of drug-likeness (QED) is 0.213. The number of hydrogen-bond acceptors (Lipinski definition) is 14. The van der Waals surface area contributed by atoms with Crippen molar-refractivity contribution in [1.82, 2.24) is 19.5 Å². The topological polar surface area (TPSA) is 192 Å². The van der Waals surface area contributed by atoms with Crippen molar-refractivity contribution in [2.45, 2.75) is 43.2 Å². The van der Waals surface area contributed by atoms with Gasteiger partial charge in [-0.05, 0) is 11.8 Å². The Morgan fingerprint density at radius 2 is 2.03 bits per heavy atom. The van der Waals surface area contributed by atoms with Crippen LogP contribution in [0.5, 0.6) is 0 Å². The van der Waals surface area contributed by atoms with E-state index in [0.717, 1.165) is 0 Å². The Balaban J connectivity index is 1.38. The molecule has 4 heterocycles. The molecule has 2 saturated heterocycles. The molecular weight excluding hydrogens is 560 g/mol. The average molecular weight is 588 g/mol. The molecule has 4 unspecified atom stereocenters. The third-order valence-electron chi connectivity index (χ3n) is 5.70. The summed E-state index contributed by atoms with van der Waals surface area (Å²) in [5.74, 6) is 0.197. The summed E-state index contributed by atoms with van der Waals surface area (Å²) in [4.78, 5) is 22.9. The van der Waals surface area contributed by atoms with Crippen LogP contribution in [0.1, 0.15) is 12.6 Å². The molecule has 8 atom stereocenters. The Morgan fingerprint density at radius 3 is 2.75 bits per heavy atom. The number of aliphatic hydroxyl groups excluding tert-OH is 1. The van der Waals surface area contributed by atoms with Gasteiger partial charge in [-0.1, -0.05) is 12.2 Å². The van der Waals surface area contributed by atoms with Crippen LogP contribution < -0.4 is 5.73 Å². The van der Waals surface area contributed by atoms with E-state index in [-0.39, 0.29) is 19.0 Å². The normalized spacial score (nSPS) is 32.0. The highest BCUT2D eigenvalue weighted by Crippen LogP contribution is 2.53. The summed E-state index contributed by atoms with van der Waals surface area (Å²) in [5, 5.41) is 10.8. The predicted molar refractivity (Wildman–Crippen MR) is 132 cm³/mol. The minimum absolute atomic E-state index is 0.150. The Kier molecular flexibility index (Phi) is 9.05. The highest BCUT2D eigenvalue weighted by atomic mass is 32.7. The van der Waals surface area contributed by atoms with Crippen molar-refractivity contribution in [3.05, 3.63) is 12.7 Å². The van der Waals surface area contributed by atoms with Gasteiger partial charge in [0, 0.05) is 27.2 Å². The number of nitrogen functional groups attached to an aromatic ring is 1. The van der Waals surface area contributed by atoms with Gasteiger partial charge in [-0.2, -0.15) is 0 Å². The molecule has 0 spiro atoms. The molecule has 4 N–H and O–H groups in total. The zero-order valence-corrected chi connectivity index (χ0v) is 22.7. The molecule has 2 aliphatic heterocycles. The number of thiol groups is 1. The summed E-state index contributed by atoms with van der Waals surface area (Å²) in [6, 6.07) is 0. The van der Waals surface area contributed by atoms with E-state index < -0.39 is 50.3 Å². The van der Waals surface area contributed by atoms with Crippen molar-refractivity contribution in [1.29, 1.82) is 0 Å². The van der Waals surface area contributed by atoms with E-state index >= 15 is 0 Å². The minimum atomic E-state index is -3.79. The number of anilines is 1. The van der Waals surface area contributed by atoms with Crippen LogP contribution >= 0.6 is 25.8 Å². The molecule has 0 amide bonds. The number of fused-ring (bicyclic) bond motifs is 1. The molecule has 2 fully saturated rings. The first kappa shape index (κ1) is 28.2. The predicted octanol–water partition coefficient (Wildman–Crippen LogP) is 0.790. The van der Waals surface area contributed by atoms with E-state index in [2.05, 4.69) is 31.7 Å². The zero-order chi connectivity index (χ0) is 26.1. The molecule has 0 aliphatic carbocycles. The third-order valence-corrected chi connectivity index (χ3v) is 9.06. The fourth-order valence-corrected chi connectivity index (χ4v) is 6.02. The van der Waals surface area contributed by atoms with Crippen LogP contribution in [-0.4, -0.2) is 94.1 Å². The first-order chi connectivity index (χ1) is 17.0. The fourth-order valence-electron chi connectivity index (χ4n) is 3.89. The van der Waals surface area contributed by atoms with Gasteiger partial charge < -0.3 is 43.5 Å². The lowest BCUT2D eigenvalue weighted by atomic mass is 10.1. The lowest BCUT2D eigenvalue weighted by Crippen LogP contribution is -2.35. The summed E-state index contributed by atoms with van der Waals surface area (Å²) < 4.78 is 51.2. The van der Waals surface area contributed by atoms with Crippen molar-refractivity contribution >= 4 is 54.6 Å². The van der Waals surface area contributed by atoms with Crippen LogP contribution in [0.2, 0.25) is 0 Å². The first-order valence-corrected chi connectivity index (χ1v) is 15.9. The van der Waals surface area contributed by atoms with Gasteiger partial charge in [0.1, 0.15) is 36.3 Å². The summed E-state index contributed by atoms with van der Waals surface area (Å²) in [5.41, 5.74) is 6.62. The van der Waals surface area contributed by atoms with Crippen LogP contribution in [0.4, 0.5) is 5.82 Å². The van der Waals surface area contributed by atoms with Gasteiger partial charge >= 0.3 is 13.5 Å². The van der Waals surface area contributed by atoms with E-state index in [1.165, 1.54) is 26.9 Å². The Morgan fingerprint density at radius 1 is 1.28 bits per heavy atom. The summed E-state index contributed by atoms with van der Waals surface area (Å²) >= 11 is 8.94. The average Bonchev–Trinajstić information content (AvgIpc) is 3.54. The number of methoxy groups -OCH3 is 1. The minimum Gasteiger partial charge on any atom is -0.387 e. The molecule has 0 radical (unpaired) electrons. The standard InChI is InChI=1S/C17H27N5O10P2S2/c1-26-14-13(23)11(31-17(14)22-8-21-12-15(18)19-7-20-16(12)22)6-30-34(25,36)32-9-3-4-28-10(9)5-29-33(24,35)27-2/h7-11,13-14,17,23H,3-6H2,1-2H3,(H,24,35)(H,25,36)(H2,18,19,20)/t9-,10?,11+,13+,14?,17+,33?,34?/m0/s1. The van der Waals surface area contributed by atoms with Gasteiger partial charge in [0.25, 0.3) is 0 Å². The van der Waals surface area contributed by atoms with Crippen molar-refractivity contribution in [3.8, 4) is 0 Å². The van der Waals surface area contributed by atoms with Crippen LogP contribution in [0, 0.1) is 0 Å². The lowest BCUT2D eigenvalue weighted by molar-refractivity contribution is -0.0583. The number of hydrogen-bond donors (Lipinski definition) is 4. The van der Waals surface area contributed by atoms with Crippen LogP contribution in [0.15, 0.2) is 12.7 Å². The molecule has 19 heteroatoms. The maximum Gasteiger partial charge on any atom is 0.385 e. The number of nitrogens with two attached hydrogens (primary N) is 1. The molecule has 2 aromatic heterocycles. The molecule has 15 nitrogen and oxygen atoms in total. The van der Waals surface area contributed by atoms with Gasteiger partial charge in [0.05, 0.1) is 25.6 Å². The maximum absolute atomic E-state index is 11.8. The van der Waals surface area contributed by atoms with E-state index in [1.54, 1.807) is 4.57 Å². The summed E-state index contributed by atoms with van der Waals surface area (Å²) in [7, 11) is 2.63. The van der Waals surface area contributed by atoms with E-state index in [0.29, 0.717) is 24.2 Å².